The third kappa shape index (κ3) is 4.08. The van der Waals surface area contributed by atoms with Crippen molar-refractivity contribution in [2.45, 2.75) is 30.7 Å². The van der Waals surface area contributed by atoms with Gasteiger partial charge in [-0.25, -0.2) is 0 Å². The summed E-state index contributed by atoms with van der Waals surface area (Å²) in [5, 5.41) is 59.3. The van der Waals surface area contributed by atoms with Crippen molar-refractivity contribution < 1.29 is 49.3 Å². The quantitative estimate of drug-likeness (QED) is 0.302. The molecule has 11 nitrogen and oxygen atoms in total. The van der Waals surface area contributed by atoms with Crippen LogP contribution in [0.2, 0.25) is 0 Å². The zero-order chi connectivity index (χ0) is 23.9. The molecule has 4 rings (SSSR count). The summed E-state index contributed by atoms with van der Waals surface area (Å²) >= 11 is 0. The number of ether oxygens (including phenoxy) is 3. The van der Waals surface area contributed by atoms with Gasteiger partial charge in [-0.3, -0.25) is 4.79 Å². The number of phenols is 1. The van der Waals surface area contributed by atoms with Gasteiger partial charge in [0.1, 0.15) is 52.6 Å². The standard InChI is InChI=1S/C22H22O11/c1-30-11-6-12(24)15-13(7-11)32-21(19(28)17(15)26)9-2-4-10(5-3-9)31-22-20(29)18(27)16(25)14(8-23)33-22/h2-7,14,16,18,20,22-25,27-29H,8H2,1H3/t14-,16-,18+,20-,22-/m1/s1. The number of hydrogen-bond donors (Lipinski definition) is 6. The van der Waals surface area contributed by atoms with E-state index in [1.807, 2.05) is 0 Å². The first-order valence-electron chi connectivity index (χ1n) is 9.89. The zero-order valence-corrected chi connectivity index (χ0v) is 17.3. The van der Waals surface area contributed by atoms with Crippen LogP contribution in [0.5, 0.6) is 23.0 Å². The number of aromatic hydroxyl groups is 2. The monoisotopic (exact) mass is 462 g/mol. The van der Waals surface area contributed by atoms with E-state index >= 15 is 0 Å². The maximum atomic E-state index is 12.6. The van der Waals surface area contributed by atoms with Gasteiger partial charge in [-0.15, -0.1) is 0 Å². The van der Waals surface area contributed by atoms with E-state index < -0.39 is 54.2 Å². The molecule has 6 N–H and O–H groups in total. The lowest BCUT2D eigenvalue weighted by Gasteiger charge is -2.39. The van der Waals surface area contributed by atoms with E-state index in [0.29, 0.717) is 5.56 Å². The molecule has 1 aromatic heterocycles. The van der Waals surface area contributed by atoms with Gasteiger partial charge in [0.15, 0.2) is 5.76 Å². The normalized spacial score (nSPS) is 25.2. The highest BCUT2D eigenvalue weighted by molar-refractivity contribution is 5.88. The fraction of sp³-hybridized carbons (Fsp3) is 0.318. The topological polar surface area (TPSA) is 179 Å². The van der Waals surface area contributed by atoms with Crippen LogP contribution in [0.1, 0.15) is 0 Å². The Morgan fingerprint density at radius 3 is 2.30 bits per heavy atom. The Bertz CT molecular complexity index is 1200. The second-order valence-electron chi connectivity index (χ2n) is 7.47. The van der Waals surface area contributed by atoms with Crippen LogP contribution < -0.4 is 14.9 Å². The summed E-state index contributed by atoms with van der Waals surface area (Å²) in [7, 11) is 1.38. The van der Waals surface area contributed by atoms with Crippen molar-refractivity contribution in [2.75, 3.05) is 13.7 Å². The molecule has 0 bridgehead atoms. The molecule has 11 heteroatoms. The summed E-state index contributed by atoms with van der Waals surface area (Å²) in [6.07, 6.45) is -7.16. The van der Waals surface area contributed by atoms with Crippen LogP contribution in [0.3, 0.4) is 0 Å². The van der Waals surface area contributed by atoms with E-state index in [4.69, 9.17) is 18.6 Å². The van der Waals surface area contributed by atoms with Crippen molar-refractivity contribution in [1.82, 2.24) is 0 Å². The highest BCUT2D eigenvalue weighted by atomic mass is 16.7. The Morgan fingerprint density at radius 1 is 0.970 bits per heavy atom. The third-order valence-corrected chi connectivity index (χ3v) is 5.38. The van der Waals surface area contributed by atoms with Crippen molar-refractivity contribution in [2.24, 2.45) is 0 Å². The Labute approximate surface area is 186 Å². The van der Waals surface area contributed by atoms with Crippen molar-refractivity contribution in [3.05, 3.63) is 46.6 Å². The molecule has 0 amide bonds. The first-order valence-corrected chi connectivity index (χ1v) is 9.89. The molecule has 3 aromatic rings. The van der Waals surface area contributed by atoms with Gasteiger partial charge in [-0.1, -0.05) is 0 Å². The molecule has 2 heterocycles. The molecule has 1 aliphatic rings. The Kier molecular flexibility index (Phi) is 6.15. The molecule has 0 spiro atoms. The van der Waals surface area contributed by atoms with Gasteiger partial charge >= 0.3 is 0 Å². The molecule has 5 atom stereocenters. The molecule has 176 valence electrons. The van der Waals surface area contributed by atoms with Crippen molar-refractivity contribution in [1.29, 1.82) is 0 Å². The molecular formula is C22H22O11. The molecule has 2 aromatic carbocycles. The Balaban J connectivity index is 1.63. The van der Waals surface area contributed by atoms with E-state index in [2.05, 4.69) is 0 Å². The lowest BCUT2D eigenvalue weighted by Crippen LogP contribution is -2.60. The molecule has 0 unspecified atom stereocenters. The fourth-order valence-corrected chi connectivity index (χ4v) is 3.56. The van der Waals surface area contributed by atoms with Crippen molar-refractivity contribution in [3.8, 4) is 34.3 Å². The minimum absolute atomic E-state index is 0.00583. The number of rotatable bonds is 5. The Morgan fingerprint density at radius 2 is 1.67 bits per heavy atom. The Hall–Kier alpha value is -3.35. The van der Waals surface area contributed by atoms with Gasteiger partial charge in [0.25, 0.3) is 0 Å². The predicted molar refractivity (Wildman–Crippen MR) is 112 cm³/mol. The van der Waals surface area contributed by atoms with Crippen LogP contribution in [0, 0.1) is 0 Å². The molecule has 1 aliphatic heterocycles. The zero-order valence-electron chi connectivity index (χ0n) is 17.3. The van der Waals surface area contributed by atoms with Crippen LogP contribution >= 0.6 is 0 Å². The van der Waals surface area contributed by atoms with Crippen LogP contribution in [0.25, 0.3) is 22.3 Å². The van der Waals surface area contributed by atoms with E-state index in [9.17, 15) is 35.4 Å². The van der Waals surface area contributed by atoms with Gasteiger partial charge in [0.05, 0.1) is 13.7 Å². The highest BCUT2D eigenvalue weighted by Crippen LogP contribution is 2.36. The molecule has 1 fully saturated rings. The van der Waals surface area contributed by atoms with Gasteiger partial charge in [0.2, 0.25) is 17.5 Å². The predicted octanol–water partition coefficient (Wildman–Crippen LogP) is 0.0585. The van der Waals surface area contributed by atoms with Gasteiger partial charge < -0.3 is 49.3 Å². The second kappa shape index (κ2) is 8.89. The van der Waals surface area contributed by atoms with Gasteiger partial charge in [-0.05, 0) is 24.3 Å². The number of aliphatic hydroxyl groups excluding tert-OH is 4. The average Bonchev–Trinajstić information content (AvgIpc) is 2.81. The van der Waals surface area contributed by atoms with Crippen LogP contribution in [0.4, 0.5) is 0 Å². The van der Waals surface area contributed by atoms with Gasteiger partial charge in [-0.2, -0.15) is 0 Å². The summed E-state index contributed by atoms with van der Waals surface area (Å²) in [6, 6.07) is 8.42. The van der Waals surface area contributed by atoms with Crippen molar-refractivity contribution >= 4 is 11.0 Å². The number of hydrogen-bond acceptors (Lipinski definition) is 11. The van der Waals surface area contributed by atoms with Gasteiger partial charge in [0, 0.05) is 17.7 Å². The smallest absolute Gasteiger partial charge is 0.238 e. The van der Waals surface area contributed by atoms with Crippen LogP contribution in [-0.4, -0.2) is 75.1 Å². The molecule has 1 saturated heterocycles. The first kappa shape index (κ1) is 22.8. The van der Waals surface area contributed by atoms with E-state index in [-0.39, 0.29) is 28.2 Å². The molecular weight excluding hydrogens is 440 g/mol. The summed E-state index contributed by atoms with van der Waals surface area (Å²) < 4.78 is 21.5. The summed E-state index contributed by atoms with van der Waals surface area (Å²) in [6.45, 7) is -0.593. The minimum atomic E-state index is -1.59. The second-order valence-corrected chi connectivity index (χ2v) is 7.47. The number of phenolic OH excluding ortho intramolecular Hbond substituents is 1. The number of aliphatic hydroxyl groups is 4. The maximum absolute atomic E-state index is 12.6. The summed E-state index contributed by atoms with van der Waals surface area (Å²) in [5.74, 6) is -0.818. The number of methoxy groups -OCH3 is 1. The molecule has 0 aliphatic carbocycles. The van der Waals surface area contributed by atoms with E-state index in [1.54, 1.807) is 0 Å². The lowest BCUT2D eigenvalue weighted by molar-refractivity contribution is -0.277. The van der Waals surface area contributed by atoms with E-state index in [0.717, 1.165) is 0 Å². The third-order valence-electron chi connectivity index (χ3n) is 5.38. The summed E-state index contributed by atoms with van der Waals surface area (Å²) in [4.78, 5) is 12.6. The molecule has 0 radical (unpaired) electrons. The van der Waals surface area contributed by atoms with Crippen LogP contribution in [-0.2, 0) is 4.74 Å². The molecule has 0 saturated carbocycles. The maximum Gasteiger partial charge on any atom is 0.238 e. The minimum Gasteiger partial charge on any atom is -0.507 e. The van der Waals surface area contributed by atoms with Crippen LogP contribution in [0.15, 0.2) is 45.6 Å². The molecule has 33 heavy (non-hydrogen) atoms. The first-order chi connectivity index (χ1) is 15.7. The number of fused-ring (bicyclic) bond motifs is 1. The SMILES string of the molecule is COc1cc(O)c2c(=O)c(O)c(-c3ccc(O[C@@H]4O[C@H](CO)[C@@H](O)[C@H](O)[C@H]4O)cc3)oc2c1. The van der Waals surface area contributed by atoms with E-state index in [1.165, 1.54) is 43.5 Å². The number of benzene rings is 2. The summed E-state index contributed by atoms with van der Waals surface area (Å²) in [5.41, 5.74) is -0.519. The van der Waals surface area contributed by atoms with Crippen molar-refractivity contribution in [3.63, 3.8) is 0 Å². The largest absolute Gasteiger partial charge is 0.507 e. The fourth-order valence-electron chi connectivity index (χ4n) is 3.56. The average molecular weight is 462 g/mol. The lowest BCUT2D eigenvalue weighted by atomic mass is 9.99. The highest BCUT2D eigenvalue weighted by Gasteiger charge is 2.44.